The molecule has 1 aromatic heterocycles. The first-order valence-corrected chi connectivity index (χ1v) is 7.25. The van der Waals surface area contributed by atoms with Crippen LogP contribution in [-0.2, 0) is 4.74 Å². The maximum absolute atomic E-state index is 11.4. The highest BCUT2D eigenvalue weighted by Gasteiger charge is 2.45. The van der Waals surface area contributed by atoms with E-state index in [4.69, 9.17) is 9.47 Å². The number of nitrogens with one attached hydrogen (secondary N) is 1. The molecule has 6 N–H and O–H groups in total. The second-order valence-electron chi connectivity index (χ2n) is 5.49. The number of carboxylic acid groups (broad SMARTS) is 1. The summed E-state index contributed by atoms with van der Waals surface area (Å²) < 4.78 is 10.7. The molecule has 0 saturated carbocycles. The van der Waals surface area contributed by atoms with Crippen LogP contribution in [0.15, 0.2) is 24.3 Å². The van der Waals surface area contributed by atoms with Gasteiger partial charge in [-0.05, 0) is 12.1 Å². The first-order valence-electron chi connectivity index (χ1n) is 7.25. The van der Waals surface area contributed by atoms with E-state index in [2.05, 4.69) is 4.98 Å². The average molecular weight is 339 g/mol. The fourth-order valence-corrected chi connectivity index (χ4v) is 2.67. The molecule has 5 atom stereocenters. The smallest absolute Gasteiger partial charge is 0.356 e. The summed E-state index contributed by atoms with van der Waals surface area (Å²) in [5, 5.41) is 48.5. The number of carboxylic acids is 1. The van der Waals surface area contributed by atoms with Gasteiger partial charge < -0.3 is 40.0 Å². The van der Waals surface area contributed by atoms with Gasteiger partial charge in [-0.1, -0.05) is 12.1 Å². The standard InChI is InChI=1S/C15H17NO8/c17-5-8-10(18)11(19)12(20)15(23-8)24-13-6-3-1-2-4-7(6)16-9(13)14(21)22/h1-4,8,10-12,15-20H,5H2,(H,21,22)/t8-,10-,11+,12-,15-/m1/s1. The van der Waals surface area contributed by atoms with Gasteiger partial charge in [-0.2, -0.15) is 0 Å². The third-order valence-corrected chi connectivity index (χ3v) is 3.95. The number of ether oxygens (including phenoxy) is 2. The van der Waals surface area contributed by atoms with E-state index in [1.54, 1.807) is 24.3 Å². The number of fused-ring (bicyclic) bond motifs is 1. The lowest BCUT2D eigenvalue weighted by atomic mass is 9.99. The number of carbonyl (C=O) groups is 1. The molecule has 24 heavy (non-hydrogen) atoms. The van der Waals surface area contributed by atoms with E-state index >= 15 is 0 Å². The number of rotatable bonds is 4. The van der Waals surface area contributed by atoms with Gasteiger partial charge in [0.2, 0.25) is 6.29 Å². The molecule has 2 heterocycles. The molecule has 0 unspecified atom stereocenters. The topological polar surface area (TPSA) is 152 Å². The zero-order valence-electron chi connectivity index (χ0n) is 12.4. The number of para-hydroxylation sites is 1. The van der Waals surface area contributed by atoms with Crippen LogP contribution < -0.4 is 4.74 Å². The molecule has 1 fully saturated rings. The predicted molar refractivity (Wildman–Crippen MR) is 79.7 cm³/mol. The van der Waals surface area contributed by atoms with Gasteiger partial charge in [0.05, 0.1) is 6.61 Å². The van der Waals surface area contributed by atoms with E-state index in [-0.39, 0.29) is 11.4 Å². The van der Waals surface area contributed by atoms with Gasteiger partial charge in [0.25, 0.3) is 0 Å². The van der Waals surface area contributed by atoms with Crippen molar-refractivity contribution in [1.82, 2.24) is 4.98 Å². The Morgan fingerprint density at radius 3 is 2.54 bits per heavy atom. The Bertz CT molecular complexity index is 742. The van der Waals surface area contributed by atoms with Crippen molar-refractivity contribution in [2.24, 2.45) is 0 Å². The van der Waals surface area contributed by atoms with E-state index < -0.39 is 43.3 Å². The summed E-state index contributed by atoms with van der Waals surface area (Å²) in [4.78, 5) is 14.1. The van der Waals surface area contributed by atoms with Crippen molar-refractivity contribution in [2.75, 3.05) is 6.61 Å². The Morgan fingerprint density at radius 1 is 1.17 bits per heavy atom. The molecule has 0 radical (unpaired) electrons. The molecule has 9 nitrogen and oxygen atoms in total. The normalized spacial score (nSPS) is 30.4. The lowest BCUT2D eigenvalue weighted by Crippen LogP contribution is -2.60. The lowest BCUT2D eigenvalue weighted by molar-refractivity contribution is -0.277. The van der Waals surface area contributed by atoms with Crippen molar-refractivity contribution in [3.05, 3.63) is 30.0 Å². The maximum atomic E-state index is 11.4. The highest BCUT2D eigenvalue weighted by Crippen LogP contribution is 2.33. The highest BCUT2D eigenvalue weighted by molar-refractivity contribution is 6.00. The zero-order valence-corrected chi connectivity index (χ0v) is 12.4. The van der Waals surface area contributed by atoms with Crippen LogP contribution in [0.4, 0.5) is 0 Å². The molecular formula is C15H17NO8. The van der Waals surface area contributed by atoms with Crippen LogP contribution in [0, 0.1) is 0 Å². The molecule has 1 aromatic carbocycles. The molecule has 9 heteroatoms. The van der Waals surface area contributed by atoms with Gasteiger partial charge in [0, 0.05) is 10.9 Å². The Labute approximate surface area is 135 Å². The summed E-state index contributed by atoms with van der Waals surface area (Å²) >= 11 is 0. The second-order valence-corrected chi connectivity index (χ2v) is 5.49. The van der Waals surface area contributed by atoms with Crippen LogP contribution in [0.2, 0.25) is 0 Å². The Kier molecular flexibility index (Phi) is 4.43. The minimum Gasteiger partial charge on any atom is -0.476 e. The van der Waals surface area contributed by atoms with Crippen LogP contribution >= 0.6 is 0 Å². The highest BCUT2D eigenvalue weighted by atomic mass is 16.7. The minimum atomic E-state index is -1.63. The molecule has 1 aliphatic heterocycles. The number of H-pyrrole nitrogens is 1. The third kappa shape index (κ3) is 2.72. The van der Waals surface area contributed by atoms with Crippen molar-refractivity contribution >= 4 is 16.9 Å². The van der Waals surface area contributed by atoms with Crippen LogP contribution in [0.25, 0.3) is 10.9 Å². The summed E-state index contributed by atoms with van der Waals surface area (Å²) in [6, 6.07) is 6.67. The SMILES string of the molecule is O=C(O)c1[nH]c2ccccc2c1O[C@H]1O[C@H](CO)[C@@H](O)[C@H](O)[C@H]1O. The summed E-state index contributed by atoms with van der Waals surface area (Å²) in [5.74, 6) is -1.34. The molecular weight excluding hydrogens is 322 g/mol. The minimum absolute atomic E-state index is 0.0672. The Morgan fingerprint density at radius 2 is 1.88 bits per heavy atom. The van der Waals surface area contributed by atoms with Gasteiger partial charge in [0.15, 0.2) is 11.4 Å². The van der Waals surface area contributed by atoms with Gasteiger partial charge in [-0.25, -0.2) is 4.79 Å². The van der Waals surface area contributed by atoms with Crippen molar-refractivity contribution in [3.63, 3.8) is 0 Å². The number of hydrogen-bond acceptors (Lipinski definition) is 7. The number of aromatic amines is 1. The molecule has 0 bridgehead atoms. The predicted octanol–water partition coefficient (Wildman–Crippen LogP) is -0.955. The molecule has 0 spiro atoms. The number of hydrogen-bond donors (Lipinski definition) is 6. The van der Waals surface area contributed by atoms with Crippen LogP contribution in [0.3, 0.4) is 0 Å². The molecule has 2 aromatic rings. The first-order chi connectivity index (χ1) is 11.4. The fourth-order valence-electron chi connectivity index (χ4n) is 2.67. The molecule has 130 valence electrons. The molecule has 0 aliphatic carbocycles. The number of aromatic nitrogens is 1. The van der Waals surface area contributed by atoms with Crippen molar-refractivity contribution < 1.29 is 39.8 Å². The van der Waals surface area contributed by atoms with Crippen LogP contribution in [-0.4, -0.2) is 73.8 Å². The quantitative estimate of drug-likeness (QED) is 0.417. The Hall–Kier alpha value is -2.17. The Balaban J connectivity index is 1.97. The first kappa shape index (κ1) is 16.7. The molecule has 1 aliphatic rings. The van der Waals surface area contributed by atoms with E-state index in [1.807, 2.05) is 0 Å². The van der Waals surface area contributed by atoms with Crippen molar-refractivity contribution in [3.8, 4) is 5.75 Å². The molecule has 0 amide bonds. The van der Waals surface area contributed by atoms with E-state index in [0.29, 0.717) is 10.9 Å². The molecule has 3 rings (SSSR count). The van der Waals surface area contributed by atoms with Crippen LogP contribution in [0.1, 0.15) is 10.5 Å². The average Bonchev–Trinajstić information content (AvgIpc) is 2.94. The third-order valence-electron chi connectivity index (χ3n) is 3.95. The molecule has 1 saturated heterocycles. The fraction of sp³-hybridized carbons (Fsp3) is 0.400. The lowest BCUT2D eigenvalue weighted by Gasteiger charge is -2.39. The number of benzene rings is 1. The zero-order chi connectivity index (χ0) is 17.4. The maximum Gasteiger partial charge on any atom is 0.356 e. The van der Waals surface area contributed by atoms with Crippen molar-refractivity contribution in [2.45, 2.75) is 30.7 Å². The summed E-state index contributed by atoms with van der Waals surface area (Å²) in [6.07, 6.45) is -7.37. The van der Waals surface area contributed by atoms with E-state index in [9.17, 15) is 30.3 Å². The van der Waals surface area contributed by atoms with Crippen LogP contribution in [0.5, 0.6) is 5.75 Å². The summed E-state index contributed by atoms with van der Waals surface area (Å²) in [5.41, 5.74) is 0.266. The van der Waals surface area contributed by atoms with Gasteiger partial charge in [-0.15, -0.1) is 0 Å². The summed E-state index contributed by atoms with van der Waals surface area (Å²) in [6.45, 7) is -0.607. The number of aliphatic hydroxyl groups excluding tert-OH is 4. The van der Waals surface area contributed by atoms with E-state index in [0.717, 1.165) is 0 Å². The van der Waals surface area contributed by atoms with Gasteiger partial charge in [-0.3, -0.25) is 0 Å². The second kappa shape index (κ2) is 6.38. The van der Waals surface area contributed by atoms with Gasteiger partial charge in [0.1, 0.15) is 24.4 Å². The largest absolute Gasteiger partial charge is 0.476 e. The van der Waals surface area contributed by atoms with E-state index in [1.165, 1.54) is 0 Å². The number of aliphatic hydroxyl groups is 4. The summed E-state index contributed by atoms with van der Waals surface area (Å²) in [7, 11) is 0. The number of aromatic carboxylic acids is 1. The van der Waals surface area contributed by atoms with Gasteiger partial charge >= 0.3 is 5.97 Å². The monoisotopic (exact) mass is 339 g/mol. The van der Waals surface area contributed by atoms with Crippen molar-refractivity contribution in [1.29, 1.82) is 0 Å².